The molecular formula is C15H21N3O4. The summed E-state index contributed by atoms with van der Waals surface area (Å²) in [6, 6.07) is 3.32. The Kier molecular flexibility index (Phi) is 4.97. The van der Waals surface area contributed by atoms with Gasteiger partial charge in [0.25, 0.3) is 5.91 Å². The summed E-state index contributed by atoms with van der Waals surface area (Å²) in [5, 5.41) is 2.64. The predicted molar refractivity (Wildman–Crippen MR) is 79.7 cm³/mol. The lowest BCUT2D eigenvalue weighted by molar-refractivity contribution is -0.133. The second-order valence-electron chi connectivity index (χ2n) is 5.16. The minimum atomic E-state index is -0.985. The summed E-state index contributed by atoms with van der Waals surface area (Å²) in [4.78, 5) is 30.9. The summed E-state index contributed by atoms with van der Waals surface area (Å²) < 4.78 is 10.4. The van der Waals surface area contributed by atoms with Crippen molar-refractivity contribution in [1.82, 2.24) is 15.2 Å². The van der Waals surface area contributed by atoms with Crippen molar-refractivity contribution in [3.8, 4) is 5.88 Å². The van der Waals surface area contributed by atoms with Gasteiger partial charge >= 0.3 is 0 Å². The number of carbonyl (C=O) groups is 2. The van der Waals surface area contributed by atoms with Crippen molar-refractivity contribution < 1.29 is 19.1 Å². The highest BCUT2D eigenvalue weighted by Gasteiger charge is 2.50. The van der Waals surface area contributed by atoms with E-state index in [-0.39, 0.29) is 24.3 Å². The van der Waals surface area contributed by atoms with Crippen LogP contribution in [0.15, 0.2) is 18.3 Å². The highest BCUT2D eigenvalue weighted by Crippen LogP contribution is 2.32. The monoisotopic (exact) mass is 307 g/mol. The van der Waals surface area contributed by atoms with Crippen LogP contribution in [0.1, 0.15) is 23.2 Å². The van der Waals surface area contributed by atoms with E-state index in [4.69, 9.17) is 9.47 Å². The van der Waals surface area contributed by atoms with Gasteiger partial charge in [0.2, 0.25) is 11.8 Å². The molecule has 1 unspecified atom stereocenters. The number of amides is 2. The first-order chi connectivity index (χ1) is 10.6. The van der Waals surface area contributed by atoms with Crippen LogP contribution in [0.25, 0.3) is 0 Å². The quantitative estimate of drug-likeness (QED) is 0.854. The first-order valence-corrected chi connectivity index (χ1v) is 7.13. The molecule has 22 heavy (non-hydrogen) atoms. The molecule has 120 valence electrons. The van der Waals surface area contributed by atoms with Crippen LogP contribution >= 0.6 is 0 Å². The Morgan fingerprint density at radius 2 is 2.23 bits per heavy atom. The molecule has 0 spiro atoms. The van der Waals surface area contributed by atoms with Crippen molar-refractivity contribution in [2.45, 2.75) is 18.4 Å². The normalized spacial score (nSPS) is 20.8. The fourth-order valence-corrected chi connectivity index (χ4v) is 2.96. The van der Waals surface area contributed by atoms with Gasteiger partial charge in [0, 0.05) is 26.9 Å². The minimum absolute atomic E-state index is 0.154. The molecule has 1 aromatic rings. The molecule has 1 aliphatic heterocycles. The molecule has 2 amide bonds. The number of hydrogen-bond acceptors (Lipinski definition) is 5. The number of pyridine rings is 1. The molecule has 2 heterocycles. The third-order valence-electron chi connectivity index (χ3n) is 3.96. The summed E-state index contributed by atoms with van der Waals surface area (Å²) in [6.45, 7) is 0.647. The van der Waals surface area contributed by atoms with Gasteiger partial charge in [-0.3, -0.25) is 9.59 Å². The van der Waals surface area contributed by atoms with Crippen molar-refractivity contribution in [2.24, 2.45) is 0 Å². The first-order valence-electron chi connectivity index (χ1n) is 7.13. The molecule has 0 saturated carbocycles. The van der Waals surface area contributed by atoms with Crippen LogP contribution in [-0.2, 0) is 9.53 Å². The van der Waals surface area contributed by atoms with Gasteiger partial charge in [-0.05, 0) is 25.0 Å². The lowest BCUT2D eigenvalue weighted by Crippen LogP contribution is -2.59. The topological polar surface area (TPSA) is 80.8 Å². The van der Waals surface area contributed by atoms with E-state index < -0.39 is 5.54 Å². The van der Waals surface area contributed by atoms with Crippen molar-refractivity contribution in [1.29, 1.82) is 0 Å². The molecule has 0 bridgehead atoms. The number of nitrogens with one attached hydrogen (secondary N) is 1. The fraction of sp³-hybridized carbons (Fsp3) is 0.533. The Labute approximate surface area is 129 Å². The summed E-state index contributed by atoms with van der Waals surface area (Å²) in [5.41, 5.74) is -0.641. The van der Waals surface area contributed by atoms with Crippen LogP contribution in [0.3, 0.4) is 0 Å². The number of carbonyl (C=O) groups excluding carboxylic acids is 2. The van der Waals surface area contributed by atoms with Gasteiger partial charge in [0.1, 0.15) is 11.1 Å². The first kappa shape index (κ1) is 16.2. The molecule has 1 N–H and O–H groups in total. The van der Waals surface area contributed by atoms with Gasteiger partial charge in [-0.1, -0.05) is 0 Å². The maximum Gasteiger partial charge on any atom is 0.260 e. The standard InChI is InChI=1S/C15H21N3O4/c1-16-14(20)15(10-21-2)7-5-9-18(15)13(19)11-6-4-8-17-12(11)22-3/h4,6,8H,5,7,9-10H2,1-3H3,(H,16,20). The number of likely N-dealkylation sites (N-methyl/N-ethyl adjacent to an activating group) is 1. The fourth-order valence-electron chi connectivity index (χ4n) is 2.96. The molecule has 1 aliphatic rings. The lowest BCUT2D eigenvalue weighted by atomic mass is 9.95. The lowest BCUT2D eigenvalue weighted by Gasteiger charge is -2.36. The zero-order valence-corrected chi connectivity index (χ0v) is 13.1. The number of methoxy groups -OCH3 is 2. The summed E-state index contributed by atoms with van der Waals surface area (Å²) in [6.07, 6.45) is 2.86. The Morgan fingerprint density at radius 1 is 1.45 bits per heavy atom. The number of ether oxygens (including phenoxy) is 2. The molecule has 2 rings (SSSR count). The van der Waals surface area contributed by atoms with Gasteiger partial charge in [-0.15, -0.1) is 0 Å². The number of rotatable bonds is 5. The molecule has 0 aromatic carbocycles. The van der Waals surface area contributed by atoms with Crippen molar-refractivity contribution in [2.75, 3.05) is 34.4 Å². The SMILES string of the molecule is CNC(=O)C1(COC)CCCN1C(=O)c1cccnc1OC. The maximum atomic E-state index is 12.9. The average Bonchev–Trinajstić information content (AvgIpc) is 2.98. The van der Waals surface area contributed by atoms with Crippen molar-refractivity contribution in [3.05, 3.63) is 23.9 Å². The zero-order chi connectivity index (χ0) is 16.2. The van der Waals surface area contributed by atoms with E-state index in [0.717, 1.165) is 6.42 Å². The predicted octanol–water partition coefficient (Wildman–Crippen LogP) is 0.457. The third-order valence-corrected chi connectivity index (χ3v) is 3.96. The Bertz CT molecular complexity index is 563. The average molecular weight is 307 g/mol. The third kappa shape index (κ3) is 2.64. The Balaban J connectivity index is 2.40. The van der Waals surface area contributed by atoms with Gasteiger partial charge in [0.05, 0.1) is 13.7 Å². The van der Waals surface area contributed by atoms with E-state index in [0.29, 0.717) is 18.5 Å². The van der Waals surface area contributed by atoms with Gasteiger partial charge in [-0.2, -0.15) is 0 Å². The van der Waals surface area contributed by atoms with Crippen LogP contribution in [0, 0.1) is 0 Å². The van der Waals surface area contributed by atoms with E-state index in [1.54, 1.807) is 30.3 Å². The van der Waals surface area contributed by atoms with Gasteiger partial charge in [-0.25, -0.2) is 4.98 Å². The van der Waals surface area contributed by atoms with E-state index in [1.807, 2.05) is 0 Å². The molecule has 1 saturated heterocycles. The van der Waals surface area contributed by atoms with Crippen molar-refractivity contribution >= 4 is 11.8 Å². The van der Waals surface area contributed by atoms with Crippen molar-refractivity contribution in [3.63, 3.8) is 0 Å². The van der Waals surface area contributed by atoms with Crippen LogP contribution in [0.4, 0.5) is 0 Å². The minimum Gasteiger partial charge on any atom is -0.480 e. The van der Waals surface area contributed by atoms with Crippen LogP contribution in [0.2, 0.25) is 0 Å². The van der Waals surface area contributed by atoms with Gasteiger partial charge < -0.3 is 19.7 Å². The molecule has 1 fully saturated rings. The molecule has 0 aliphatic carbocycles. The van der Waals surface area contributed by atoms with E-state index >= 15 is 0 Å². The number of hydrogen-bond donors (Lipinski definition) is 1. The number of nitrogens with zero attached hydrogens (tertiary/aromatic N) is 2. The highest BCUT2D eigenvalue weighted by molar-refractivity contribution is 6.01. The summed E-state index contributed by atoms with van der Waals surface area (Å²) >= 11 is 0. The van der Waals surface area contributed by atoms with Crippen LogP contribution < -0.4 is 10.1 Å². The Morgan fingerprint density at radius 3 is 2.86 bits per heavy atom. The Hall–Kier alpha value is -2.15. The second kappa shape index (κ2) is 6.74. The smallest absolute Gasteiger partial charge is 0.260 e. The maximum absolute atomic E-state index is 12.9. The van der Waals surface area contributed by atoms with E-state index in [9.17, 15) is 9.59 Å². The zero-order valence-electron chi connectivity index (χ0n) is 13.1. The largest absolute Gasteiger partial charge is 0.480 e. The number of aromatic nitrogens is 1. The summed E-state index contributed by atoms with van der Waals surface area (Å²) in [5.74, 6) is -0.242. The van der Waals surface area contributed by atoms with E-state index in [1.165, 1.54) is 14.2 Å². The molecular weight excluding hydrogens is 286 g/mol. The van der Waals surface area contributed by atoms with Crippen LogP contribution in [-0.4, -0.2) is 61.7 Å². The second-order valence-corrected chi connectivity index (χ2v) is 5.16. The molecule has 7 nitrogen and oxygen atoms in total. The highest BCUT2D eigenvalue weighted by atomic mass is 16.5. The molecule has 1 atom stereocenters. The molecule has 7 heteroatoms. The number of likely N-dealkylation sites (tertiary alicyclic amines) is 1. The van der Waals surface area contributed by atoms with Gasteiger partial charge in [0.15, 0.2) is 0 Å². The molecule has 0 radical (unpaired) electrons. The van der Waals surface area contributed by atoms with E-state index in [2.05, 4.69) is 10.3 Å². The summed E-state index contributed by atoms with van der Waals surface area (Å²) in [7, 11) is 4.55. The van der Waals surface area contributed by atoms with Crippen LogP contribution in [0.5, 0.6) is 5.88 Å². The molecule has 1 aromatic heterocycles.